The van der Waals surface area contributed by atoms with Crippen molar-refractivity contribution in [3.05, 3.63) is 82.9 Å². The molecule has 3 heterocycles. The average molecular weight is 459 g/mol. The fourth-order valence-electron chi connectivity index (χ4n) is 4.99. The van der Waals surface area contributed by atoms with Crippen LogP contribution in [0.5, 0.6) is 0 Å². The lowest BCUT2D eigenvalue weighted by atomic mass is 9.62. The normalized spacial score (nSPS) is 19.0. The predicted molar refractivity (Wildman–Crippen MR) is 133 cm³/mol. The Kier molecular flexibility index (Phi) is 6.15. The molecule has 0 bridgehead atoms. The summed E-state index contributed by atoms with van der Waals surface area (Å²) in [5.41, 5.74) is 0.877. The third-order valence-corrected chi connectivity index (χ3v) is 6.93. The van der Waals surface area contributed by atoms with Gasteiger partial charge in [-0.3, -0.25) is 9.67 Å². The van der Waals surface area contributed by atoms with Gasteiger partial charge in [-0.1, -0.05) is 56.9 Å². The molecular weight excluding hydrogens is 424 g/mol. The zero-order valence-corrected chi connectivity index (χ0v) is 20.9. The molecular formula is C28H34N4O2. The van der Waals surface area contributed by atoms with Crippen molar-refractivity contribution in [2.24, 2.45) is 12.5 Å². The minimum Gasteiger partial charge on any atom is -0.380 e. The van der Waals surface area contributed by atoms with Gasteiger partial charge in [0, 0.05) is 55.3 Å². The number of aryl methyl sites for hydroxylation is 1. The molecule has 0 spiro atoms. The highest BCUT2D eigenvalue weighted by atomic mass is 16.3. The molecule has 178 valence electrons. The first-order chi connectivity index (χ1) is 15.9. The summed E-state index contributed by atoms with van der Waals surface area (Å²) in [6, 6.07) is 11.9. The molecule has 1 aliphatic heterocycles. The van der Waals surface area contributed by atoms with Gasteiger partial charge in [-0.05, 0) is 43.1 Å². The van der Waals surface area contributed by atoms with Gasteiger partial charge in [0.2, 0.25) is 0 Å². The highest BCUT2D eigenvalue weighted by molar-refractivity contribution is 5.45. The SMILES string of the molecule is CC(C)c1ccc(C(O)(c2cncc(C#CC(C)(O)c3ccn(C)n3)c2)C2(C)CN(C)C2)cc1. The van der Waals surface area contributed by atoms with Crippen LogP contribution >= 0.6 is 0 Å². The molecule has 0 radical (unpaired) electrons. The quantitative estimate of drug-likeness (QED) is 0.574. The number of pyridine rings is 1. The maximum absolute atomic E-state index is 12.3. The number of rotatable bonds is 5. The Balaban J connectivity index is 1.75. The van der Waals surface area contributed by atoms with Crippen molar-refractivity contribution in [3.8, 4) is 11.8 Å². The molecule has 2 atom stereocenters. The summed E-state index contributed by atoms with van der Waals surface area (Å²) in [6.07, 6.45) is 5.15. The molecule has 6 heteroatoms. The van der Waals surface area contributed by atoms with E-state index in [4.69, 9.17) is 0 Å². The third kappa shape index (κ3) is 4.27. The van der Waals surface area contributed by atoms with Gasteiger partial charge in [-0.25, -0.2) is 0 Å². The summed E-state index contributed by atoms with van der Waals surface area (Å²) in [5.74, 6) is 6.38. The van der Waals surface area contributed by atoms with Crippen LogP contribution in [0.15, 0.2) is 55.0 Å². The minimum absolute atomic E-state index is 0.381. The predicted octanol–water partition coefficient (Wildman–Crippen LogP) is 3.39. The number of benzene rings is 1. The Morgan fingerprint density at radius 3 is 2.26 bits per heavy atom. The van der Waals surface area contributed by atoms with Gasteiger partial charge in [0.1, 0.15) is 11.3 Å². The monoisotopic (exact) mass is 458 g/mol. The zero-order chi connectivity index (χ0) is 24.7. The van der Waals surface area contributed by atoms with E-state index in [0.29, 0.717) is 22.7 Å². The lowest BCUT2D eigenvalue weighted by Gasteiger charge is -2.55. The van der Waals surface area contributed by atoms with Crippen molar-refractivity contribution >= 4 is 0 Å². The molecule has 3 aromatic rings. The second-order valence-electron chi connectivity index (χ2n) is 10.4. The summed E-state index contributed by atoms with van der Waals surface area (Å²) < 4.78 is 1.63. The van der Waals surface area contributed by atoms with Crippen LogP contribution in [0.1, 0.15) is 61.6 Å². The van der Waals surface area contributed by atoms with Gasteiger partial charge < -0.3 is 15.1 Å². The van der Waals surface area contributed by atoms with Crippen molar-refractivity contribution in [2.45, 2.75) is 44.8 Å². The highest BCUT2D eigenvalue weighted by Crippen LogP contribution is 2.50. The van der Waals surface area contributed by atoms with Gasteiger partial charge in [0.25, 0.3) is 0 Å². The Hall–Kier alpha value is -2.98. The second-order valence-corrected chi connectivity index (χ2v) is 10.4. The van der Waals surface area contributed by atoms with E-state index < -0.39 is 11.2 Å². The van der Waals surface area contributed by atoms with Crippen molar-refractivity contribution in [1.82, 2.24) is 19.7 Å². The molecule has 4 rings (SSSR count). The van der Waals surface area contributed by atoms with Gasteiger partial charge in [-0.15, -0.1) is 0 Å². The fourth-order valence-corrected chi connectivity index (χ4v) is 4.99. The van der Waals surface area contributed by atoms with Crippen LogP contribution in [0, 0.1) is 17.3 Å². The first-order valence-corrected chi connectivity index (χ1v) is 11.7. The van der Waals surface area contributed by atoms with Crippen LogP contribution in [0.3, 0.4) is 0 Å². The summed E-state index contributed by atoms with van der Waals surface area (Å²) in [5, 5.41) is 27.4. The lowest BCUT2D eigenvalue weighted by Crippen LogP contribution is -2.63. The average Bonchev–Trinajstić information content (AvgIpc) is 3.24. The number of likely N-dealkylation sites (tertiary alicyclic amines) is 1. The first-order valence-electron chi connectivity index (χ1n) is 11.7. The van der Waals surface area contributed by atoms with Gasteiger partial charge >= 0.3 is 0 Å². The van der Waals surface area contributed by atoms with E-state index in [0.717, 1.165) is 18.7 Å². The number of hydrogen-bond acceptors (Lipinski definition) is 5. The Bertz CT molecular complexity index is 1230. The topological polar surface area (TPSA) is 74.4 Å². The summed E-state index contributed by atoms with van der Waals surface area (Å²) in [6.45, 7) is 9.59. The molecule has 2 unspecified atom stereocenters. The molecule has 0 saturated carbocycles. The molecule has 2 N–H and O–H groups in total. The molecule has 1 aliphatic rings. The van der Waals surface area contributed by atoms with Crippen LogP contribution in [0.25, 0.3) is 0 Å². The van der Waals surface area contributed by atoms with Crippen molar-refractivity contribution in [3.63, 3.8) is 0 Å². The number of aromatic nitrogens is 3. The highest BCUT2D eigenvalue weighted by Gasteiger charge is 2.55. The van der Waals surface area contributed by atoms with Crippen molar-refractivity contribution in [1.29, 1.82) is 0 Å². The van der Waals surface area contributed by atoms with Crippen molar-refractivity contribution < 1.29 is 10.2 Å². The van der Waals surface area contributed by atoms with Crippen LogP contribution in [0.4, 0.5) is 0 Å². The minimum atomic E-state index is -1.40. The van der Waals surface area contributed by atoms with Gasteiger partial charge in [0.05, 0.1) is 0 Å². The standard InChI is InChI=1S/C28H34N4O2/c1-20(2)22-7-9-23(10-8-22)28(34,26(3)18-31(5)19-26)24-15-21(16-29-17-24)11-13-27(4,33)25-12-14-32(6)30-25/h7-10,12,14-17,20,33-34H,18-19H2,1-6H3. The molecule has 0 amide bonds. The molecule has 2 aromatic heterocycles. The van der Waals surface area contributed by atoms with E-state index in [1.54, 1.807) is 43.3 Å². The van der Waals surface area contributed by atoms with E-state index in [2.05, 4.69) is 66.8 Å². The molecule has 0 aliphatic carbocycles. The number of hydrogen-bond donors (Lipinski definition) is 2. The lowest BCUT2D eigenvalue weighted by molar-refractivity contribution is -0.127. The molecule has 1 fully saturated rings. The third-order valence-electron chi connectivity index (χ3n) is 6.93. The van der Waals surface area contributed by atoms with E-state index in [-0.39, 0.29) is 5.41 Å². The van der Waals surface area contributed by atoms with Crippen LogP contribution in [-0.4, -0.2) is 50.0 Å². The van der Waals surface area contributed by atoms with E-state index in [1.165, 1.54) is 5.56 Å². The Morgan fingerprint density at radius 1 is 1.03 bits per heavy atom. The molecule has 1 saturated heterocycles. The largest absolute Gasteiger partial charge is 0.380 e. The van der Waals surface area contributed by atoms with Crippen LogP contribution in [0.2, 0.25) is 0 Å². The van der Waals surface area contributed by atoms with Gasteiger partial charge in [0.15, 0.2) is 5.60 Å². The maximum atomic E-state index is 12.3. The summed E-state index contributed by atoms with van der Waals surface area (Å²) in [4.78, 5) is 6.62. The summed E-state index contributed by atoms with van der Waals surface area (Å²) in [7, 11) is 3.86. The maximum Gasteiger partial charge on any atom is 0.167 e. The van der Waals surface area contributed by atoms with E-state index in [9.17, 15) is 10.2 Å². The second kappa shape index (κ2) is 8.66. The van der Waals surface area contributed by atoms with Crippen LogP contribution in [-0.2, 0) is 18.2 Å². The number of aliphatic hydroxyl groups is 2. The first kappa shape index (κ1) is 24.2. The Morgan fingerprint density at radius 2 is 1.71 bits per heavy atom. The van der Waals surface area contributed by atoms with E-state index in [1.807, 2.05) is 18.2 Å². The van der Waals surface area contributed by atoms with Gasteiger partial charge in [-0.2, -0.15) is 5.10 Å². The molecule has 1 aromatic carbocycles. The summed E-state index contributed by atoms with van der Waals surface area (Å²) >= 11 is 0. The number of nitrogens with zero attached hydrogens (tertiary/aromatic N) is 4. The molecule has 34 heavy (non-hydrogen) atoms. The fraction of sp³-hybridized carbons (Fsp3) is 0.429. The zero-order valence-electron chi connectivity index (χ0n) is 20.9. The smallest absolute Gasteiger partial charge is 0.167 e. The van der Waals surface area contributed by atoms with E-state index >= 15 is 0 Å². The Labute approximate surface area is 202 Å². The van der Waals surface area contributed by atoms with Crippen LogP contribution < -0.4 is 0 Å². The molecule has 6 nitrogen and oxygen atoms in total. The van der Waals surface area contributed by atoms with Crippen molar-refractivity contribution in [2.75, 3.05) is 20.1 Å².